The van der Waals surface area contributed by atoms with Gasteiger partial charge in [-0.3, -0.25) is 57.5 Å². The third kappa shape index (κ3) is 20.7. The first-order valence-electron chi connectivity index (χ1n) is 36.1. The number of hydrogen-bond donors (Lipinski definition) is 3. The first kappa shape index (κ1) is 80.2. The van der Waals surface area contributed by atoms with E-state index in [1.165, 1.54) is 80.8 Å². The minimum Gasteiger partial charge on any atom is -0.377 e. The van der Waals surface area contributed by atoms with E-state index in [4.69, 9.17) is 27.9 Å². The summed E-state index contributed by atoms with van der Waals surface area (Å²) in [7, 11) is 10.1. The highest BCUT2D eigenvalue weighted by Gasteiger charge is 2.51. The fraction of sp³-hybridized carbons (Fsp3) is 0.829. The van der Waals surface area contributed by atoms with E-state index in [2.05, 4.69) is 22.9 Å². The van der Waals surface area contributed by atoms with Crippen molar-refractivity contribution in [3.05, 3.63) is 0 Å². The predicted molar refractivity (Wildman–Crippen MR) is 369 cm³/mol. The molecule has 3 heterocycles. The highest BCUT2D eigenvalue weighted by Crippen LogP contribution is 2.38. The molecule has 0 aromatic carbocycles. The Kier molecular flexibility index (Phi) is 30.6. The zero-order valence-corrected chi connectivity index (χ0v) is 61.9. The van der Waals surface area contributed by atoms with E-state index in [1.807, 2.05) is 6.92 Å². The zero-order chi connectivity index (χ0) is 71.7. The van der Waals surface area contributed by atoms with Gasteiger partial charge in [-0.25, -0.2) is 0 Å². The lowest BCUT2D eigenvalue weighted by molar-refractivity contribution is -0.156. The number of likely N-dealkylation sites (tertiary alicyclic amines) is 1. The second kappa shape index (κ2) is 37.0. The Labute approximate surface area is 586 Å². The van der Waals surface area contributed by atoms with E-state index in [0.29, 0.717) is 77.5 Å². The minimum absolute atomic E-state index is 0.0589. The Morgan fingerprint density at radius 2 is 1.25 bits per heavy atom. The molecule has 3 N–H and O–H groups in total. The van der Waals surface area contributed by atoms with Gasteiger partial charge in [0.2, 0.25) is 70.9 Å². The van der Waals surface area contributed by atoms with Crippen molar-refractivity contribution in [3.8, 4) is 0 Å². The van der Waals surface area contributed by atoms with Crippen LogP contribution in [0.15, 0.2) is 0 Å². The number of ether oxygens (including phenoxy) is 1. The van der Waals surface area contributed by atoms with Gasteiger partial charge in [0.15, 0.2) is 0 Å². The number of likely N-dealkylation sites (N-methyl/N-ethyl adjacent to an activating group) is 7. The quantitative estimate of drug-likeness (QED) is 0.166. The van der Waals surface area contributed by atoms with Crippen LogP contribution in [0.5, 0.6) is 0 Å². The van der Waals surface area contributed by atoms with Gasteiger partial charge in [0.25, 0.3) is 0 Å². The Balaban J connectivity index is 1.38. The summed E-state index contributed by atoms with van der Waals surface area (Å²) >= 11 is 13.7. The number of amides is 12. The fourth-order valence-corrected chi connectivity index (χ4v) is 15.8. The van der Waals surface area contributed by atoms with Crippen LogP contribution in [0, 0.1) is 23.7 Å². The van der Waals surface area contributed by atoms with Crippen LogP contribution in [0.25, 0.3) is 0 Å². The number of halogens is 2. The van der Waals surface area contributed by atoms with Gasteiger partial charge >= 0.3 is 0 Å². The van der Waals surface area contributed by atoms with Gasteiger partial charge in [0.05, 0.1) is 42.9 Å². The van der Waals surface area contributed by atoms with E-state index in [-0.39, 0.29) is 56.6 Å². The molecule has 12 atom stereocenters. The summed E-state index contributed by atoms with van der Waals surface area (Å²) in [6, 6.07) is -8.24. The van der Waals surface area contributed by atoms with Crippen molar-refractivity contribution in [2.75, 3.05) is 95.2 Å². The monoisotopic (exact) mass is 1400 g/mol. The lowest BCUT2D eigenvalue weighted by Crippen LogP contribution is -2.65. The largest absolute Gasteiger partial charge is 0.377 e. The molecule has 0 bridgehead atoms. The number of hydrogen-bond acceptors (Lipinski definition) is 13. The second-order valence-electron chi connectivity index (χ2n) is 29.3. The number of piperidine rings is 1. The normalized spacial score (nSPS) is 30.1. The van der Waals surface area contributed by atoms with Gasteiger partial charge in [-0.1, -0.05) is 92.4 Å². The van der Waals surface area contributed by atoms with Crippen molar-refractivity contribution in [2.45, 2.75) is 254 Å². The fourth-order valence-electron chi connectivity index (χ4n) is 15.1. The van der Waals surface area contributed by atoms with Gasteiger partial charge in [-0.05, 0) is 114 Å². The molecule has 6 aliphatic rings. The van der Waals surface area contributed by atoms with Crippen molar-refractivity contribution >= 4 is 94.1 Å². The molecule has 4 unspecified atom stereocenters. The zero-order valence-electron chi connectivity index (χ0n) is 60.4. The van der Waals surface area contributed by atoms with Crippen LogP contribution in [-0.4, -0.2) is 275 Å². The van der Waals surface area contributed by atoms with Crippen LogP contribution in [0.1, 0.15) is 189 Å². The predicted octanol–water partition coefficient (Wildman–Crippen LogP) is 4.76. The number of nitrogens with zero attached hydrogens (tertiary/aromatic N) is 9. The van der Waals surface area contributed by atoms with Gasteiger partial charge in [0, 0.05) is 75.6 Å². The number of nitrogens with one attached hydrogen (secondary N) is 3. The summed E-state index contributed by atoms with van der Waals surface area (Å²) in [4.78, 5) is 189. The molecular formula is C70H116Cl2N12O13. The maximum Gasteiger partial charge on any atom is 0.248 e. The molecule has 3 aliphatic carbocycles. The van der Waals surface area contributed by atoms with E-state index < -0.39 is 167 Å². The molecule has 6 fully saturated rings. The summed E-state index contributed by atoms with van der Waals surface area (Å²) in [5.41, 5.74) is -1.50. The van der Waals surface area contributed by atoms with Crippen molar-refractivity contribution in [1.29, 1.82) is 0 Å². The van der Waals surface area contributed by atoms with Gasteiger partial charge in [-0.15, -0.1) is 23.2 Å². The van der Waals surface area contributed by atoms with Crippen LogP contribution in [-0.2, 0) is 62.3 Å². The topological polar surface area (TPSA) is 279 Å². The number of unbranched alkanes of at least 4 members (excludes halogenated alkanes) is 1. The van der Waals surface area contributed by atoms with Crippen LogP contribution in [0.3, 0.4) is 0 Å². The number of fused-ring (bicyclic) bond motifs is 1. The molecule has 1 spiro atoms. The van der Waals surface area contributed by atoms with Gasteiger partial charge in [0.1, 0.15) is 47.8 Å². The molecule has 3 saturated heterocycles. The van der Waals surface area contributed by atoms with Crippen molar-refractivity contribution < 1.29 is 62.3 Å². The van der Waals surface area contributed by atoms with Crippen LogP contribution >= 0.6 is 23.2 Å². The summed E-state index contributed by atoms with van der Waals surface area (Å²) in [6.07, 6.45) is 12.4. The highest BCUT2D eigenvalue weighted by molar-refractivity contribution is 6.30. The average molecular weight is 1400 g/mol. The molecule has 3 saturated carbocycles. The summed E-state index contributed by atoms with van der Waals surface area (Å²) in [5.74, 6) is -8.07. The van der Waals surface area contributed by atoms with Crippen molar-refractivity contribution in [1.82, 2.24) is 60.0 Å². The summed E-state index contributed by atoms with van der Waals surface area (Å²) in [6.45, 7) is 10.7. The molecule has 27 heteroatoms. The Morgan fingerprint density at radius 1 is 0.619 bits per heavy atom. The molecule has 12 amide bonds. The van der Waals surface area contributed by atoms with E-state index in [1.54, 1.807) is 25.7 Å². The third-order valence-electron chi connectivity index (χ3n) is 21.8. The molecule has 3 aliphatic heterocycles. The standard InChI is InChI=1S/C70H116Cl2N12O13/c1-14-16-36-97-54-39-48(37-49(71)59(54)72)29-30-50-64(91)84-35-25-28-51(84)63(90)75-70(31-21-22-32-70)69(96)82(13)61(44(3)4)68(95)81(12)53(66(93)83-33-23-18-24-34-83)40-56(86)79(10)46(6)62(89)74-60(45(5)15-2)67(94)78(9)42-57(87)76(7)43-58(88)80(11)52(38-47-26-19-17-20-27-47)65(92)77(8)41-55(85)73-50/h44-54,59-61H,14-43H2,1-13H3,(H,73,85)(H,74,89)(H,75,90)/t45-,46-,48?,49?,50-,51-,52-,53-,54?,59?,60-,61-/m0/s1. The second-order valence-corrected chi connectivity index (χ2v) is 30.4. The van der Waals surface area contributed by atoms with E-state index >= 15 is 19.2 Å². The number of carbonyl (C=O) groups is 12. The number of alkyl halides is 2. The molecular weight excluding hydrogens is 1290 g/mol. The molecule has 0 aromatic rings. The molecule has 97 heavy (non-hydrogen) atoms. The van der Waals surface area contributed by atoms with Crippen molar-refractivity contribution in [3.63, 3.8) is 0 Å². The Morgan fingerprint density at radius 3 is 1.88 bits per heavy atom. The molecule has 0 aromatic heterocycles. The molecule has 6 rings (SSSR count). The van der Waals surface area contributed by atoms with Gasteiger partial charge in [-0.2, -0.15) is 0 Å². The smallest absolute Gasteiger partial charge is 0.248 e. The maximum atomic E-state index is 15.4. The van der Waals surface area contributed by atoms with Crippen LogP contribution in [0.4, 0.5) is 0 Å². The highest BCUT2D eigenvalue weighted by atomic mass is 35.5. The maximum absolute atomic E-state index is 15.4. The first-order valence-corrected chi connectivity index (χ1v) is 36.9. The van der Waals surface area contributed by atoms with Crippen molar-refractivity contribution in [2.24, 2.45) is 23.7 Å². The molecule has 0 radical (unpaired) electrons. The van der Waals surface area contributed by atoms with Crippen LogP contribution < -0.4 is 16.0 Å². The van der Waals surface area contributed by atoms with Gasteiger partial charge < -0.3 is 64.8 Å². The first-order chi connectivity index (χ1) is 45.9. The summed E-state index contributed by atoms with van der Waals surface area (Å²) in [5, 5.41) is 8.02. The minimum atomic E-state index is -1.50. The number of carbonyl (C=O) groups excluding carboxylic acids is 12. The van der Waals surface area contributed by atoms with E-state index in [0.717, 1.165) is 66.1 Å². The summed E-state index contributed by atoms with van der Waals surface area (Å²) < 4.78 is 6.24. The third-order valence-corrected chi connectivity index (χ3v) is 23.0. The Hall–Kier alpha value is -5.82. The van der Waals surface area contributed by atoms with Crippen LogP contribution in [0.2, 0.25) is 0 Å². The Bertz CT molecular complexity index is 2760. The average Bonchev–Trinajstić information content (AvgIpc) is 1.76. The number of rotatable bonds is 13. The van der Waals surface area contributed by atoms with E-state index in [9.17, 15) is 38.4 Å². The lowest BCUT2D eigenvalue weighted by Gasteiger charge is -2.42. The molecule has 548 valence electrons. The lowest BCUT2D eigenvalue weighted by atomic mass is 9.82. The molecule has 25 nitrogen and oxygen atoms in total. The SMILES string of the molecule is CCCCOC1CC(CC[C@@H]2NC(=O)CN(C)C(=O)[C@H](CC3CCCCC3)N(C)C(=O)CN(C)C(=O)CN(C)C(=O)[C@H]([C@@H](C)CC)NC(=O)[C@H](C)N(C)C(=O)C[C@@H](C(=O)N3CCCCC3)N(C)C(=O)[C@H](C(C)C)N(C)C(=O)C3(CCCC3)NC(=O)[C@@H]3CCCN3C2=O)CC(Cl)C1Cl.